The molecule has 0 fully saturated rings. The molecule has 0 spiro atoms. The quantitative estimate of drug-likeness (QED) is 0.497. The molecule has 2 unspecified atom stereocenters. The molecule has 0 bridgehead atoms. The lowest BCUT2D eigenvalue weighted by Gasteiger charge is -2.23. The molecule has 0 aromatic heterocycles. The average molecular weight is 348 g/mol. The molecule has 3 aromatic carbocycles. The lowest BCUT2D eigenvalue weighted by Crippen LogP contribution is -2.06. The van der Waals surface area contributed by atoms with Crippen molar-refractivity contribution in [2.75, 3.05) is 0 Å². The fourth-order valence-corrected chi connectivity index (χ4v) is 3.88. The summed E-state index contributed by atoms with van der Waals surface area (Å²) in [4.78, 5) is 0. The molecule has 2 atom stereocenters. The van der Waals surface area contributed by atoms with E-state index in [-0.39, 0.29) is 0 Å². The molecular weight excluding hydrogens is 320 g/mol. The molecule has 2 N–H and O–H groups in total. The molecule has 0 aliphatic heterocycles. The number of unbranched alkanes of at least 4 members (excludes halogenated alkanes) is 1. The molecule has 0 radical (unpaired) electrons. The van der Waals surface area contributed by atoms with Crippen molar-refractivity contribution >= 4 is 10.8 Å². The first kappa shape index (κ1) is 18.3. The molecule has 0 aliphatic rings. The van der Waals surface area contributed by atoms with Crippen LogP contribution in [-0.2, 0) is 0 Å². The normalized spacial score (nSPS) is 13.6. The first-order chi connectivity index (χ1) is 12.6. The van der Waals surface area contributed by atoms with Gasteiger partial charge in [-0.2, -0.15) is 0 Å². The van der Waals surface area contributed by atoms with Crippen LogP contribution in [0.1, 0.15) is 62.5 Å². The number of hydrogen-bond acceptors (Lipinski definition) is 2. The molecule has 3 aromatic rings. The van der Waals surface area contributed by atoms with Crippen molar-refractivity contribution in [2.45, 2.75) is 51.4 Å². The van der Waals surface area contributed by atoms with Crippen LogP contribution in [0.15, 0.2) is 60.7 Å². The summed E-state index contributed by atoms with van der Waals surface area (Å²) in [5.41, 5.74) is 2.59. The van der Waals surface area contributed by atoms with Gasteiger partial charge in [-0.1, -0.05) is 69.2 Å². The highest BCUT2D eigenvalue weighted by atomic mass is 16.3. The van der Waals surface area contributed by atoms with E-state index in [0.29, 0.717) is 23.3 Å². The van der Waals surface area contributed by atoms with E-state index < -0.39 is 0 Å². The summed E-state index contributed by atoms with van der Waals surface area (Å²) in [6, 6.07) is 19.6. The van der Waals surface area contributed by atoms with Crippen molar-refractivity contribution in [3.63, 3.8) is 0 Å². The second-order valence-corrected chi connectivity index (χ2v) is 7.29. The minimum Gasteiger partial charge on any atom is -0.508 e. The van der Waals surface area contributed by atoms with Gasteiger partial charge in [0, 0.05) is 5.39 Å². The van der Waals surface area contributed by atoms with Crippen molar-refractivity contribution in [2.24, 2.45) is 0 Å². The van der Waals surface area contributed by atoms with Crippen LogP contribution < -0.4 is 0 Å². The Hall–Kier alpha value is -2.48. The monoisotopic (exact) mass is 348 g/mol. The van der Waals surface area contributed by atoms with Crippen LogP contribution in [0.4, 0.5) is 0 Å². The maximum atomic E-state index is 10.2. The summed E-state index contributed by atoms with van der Waals surface area (Å²) in [7, 11) is 0. The summed E-state index contributed by atoms with van der Waals surface area (Å²) in [5, 5.41) is 21.8. The van der Waals surface area contributed by atoms with Gasteiger partial charge >= 0.3 is 0 Å². The van der Waals surface area contributed by atoms with Gasteiger partial charge in [0.1, 0.15) is 11.5 Å². The number of fused-ring (bicyclic) bond motifs is 1. The number of aromatic hydroxyl groups is 2. The summed E-state index contributed by atoms with van der Waals surface area (Å²) in [5.74, 6) is 1.52. The topological polar surface area (TPSA) is 40.5 Å². The van der Waals surface area contributed by atoms with Crippen molar-refractivity contribution in [3.8, 4) is 11.5 Å². The van der Waals surface area contributed by atoms with Gasteiger partial charge in [-0.3, -0.25) is 0 Å². The van der Waals surface area contributed by atoms with E-state index in [9.17, 15) is 10.2 Å². The molecule has 2 heteroatoms. The third kappa shape index (κ3) is 4.01. The predicted octanol–water partition coefficient (Wildman–Crippen LogP) is 6.72. The first-order valence-electron chi connectivity index (χ1n) is 9.59. The van der Waals surface area contributed by atoms with Crippen molar-refractivity contribution in [3.05, 3.63) is 71.8 Å². The Kier molecular flexibility index (Phi) is 5.82. The van der Waals surface area contributed by atoms with Crippen molar-refractivity contribution < 1.29 is 10.2 Å². The maximum Gasteiger partial charge on any atom is 0.123 e. The number of hydrogen-bond donors (Lipinski definition) is 2. The van der Waals surface area contributed by atoms with Gasteiger partial charge < -0.3 is 10.2 Å². The van der Waals surface area contributed by atoms with E-state index in [2.05, 4.69) is 26.0 Å². The summed E-state index contributed by atoms with van der Waals surface area (Å²) < 4.78 is 0. The predicted molar refractivity (Wildman–Crippen MR) is 109 cm³/mol. The minimum atomic E-state index is 0.313. The average Bonchev–Trinajstić information content (AvgIpc) is 2.66. The van der Waals surface area contributed by atoms with Gasteiger partial charge in [-0.05, 0) is 59.4 Å². The third-order valence-electron chi connectivity index (χ3n) is 5.38. The Morgan fingerprint density at radius 3 is 2.23 bits per heavy atom. The lowest BCUT2D eigenvalue weighted by molar-refractivity contribution is 0.474. The number of rotatable bonds is 7. The molecule has 26 heavy (non-hydrogen) atoms. The Balaban J connectivity index is 1.93. The summed E-state index contributed by atoms with van der Waals surface area (Å²) in [6.07, 6.45) is 4.58. The molecule has 2 nitrogen and oxygen atoms in total. The molecule has 3 rings (SSSR count). The van der Waals surface area contributed by atoms with Crippen LogP contribution in [0.5, 0.6) is 11.5 Å². The van der Waals surface area contributed by atoms with Gasteiger partial charge in [0.2, 0.25) is 0 Å². The van der Waals surface area contributed by atoms with E-state index in [0.717, 1.165) is 23.6 Å². The largest absolute Gasteiger partial charge is 0.508 e. The molecular formula is C24H28O2. The van der Waals surface area contributed by atoms with Crippen LogP contribution in [0, 0.1) is 0 Å². The van der Waals surface area contributed by atoms with Crippen LogP contribution in [0.25, 0.3) is 10.8 Å². The van der Waals surface area contributed by atoms with Crippen LogP contribution in [-0.4, -0.2) is 10.2 Å². The second kappa shape index (κ2) is 8.27. The Morgan fingerprint density at radius 1 is 0.846 bits per heavy atom. The Bertz CT molecular complexity index is 852. The molecule has 0 saturated heterocycles. The van der Waals surface area contributed by atoms with Gasteiger partial charge in [-0.15, -0.1) is 0 Å². The SMILES string of the molecule is CCCCC(CC(C)c1ccc(O)cc1)c1ccc(O)c2ccccc12. The standard InChI is InChI=1S/C24H28O2/c1-3-4-7-19(16-17(2)18-10-12-20(25)13-11-18)21-14-15-24(26)23-9-6-5-8-22(21)23/h5-6,8-15,17,19,25-26H,3-4,7,16H2,1-2H3. The lowest BCUT2D eigenvalue weighted by atomic mass is 9.81. The fraction of sp³-hybridized carbons (Fsp3) is 0.333. The zero-order valence-corrected chi connectivity index (χ0v) is 15.7. The number of phenols is 2. The Labute approximate surface area is 156 Å². The number of benzene rings is 3. The second-order valence-electron chi connectivity index (χ2n) is 7.29. The Morgan fingerprint density at radius 2 is 1.54 bits per heavy atom. The molecule has 0 heterocycles. The number of phenolic OH excluding ortho intramolecular Hbond substituents is 2. The van der Waals surface area contributed by atoms with Crippen LogP contribution in [0.3, 0.4) is 0 Å². The summed E-state index contributed by atoms with van der Waals surface area (Å²) >= 11 is 0. The highest BCUT2D eigenvalue weighted by Gasteiger charge is 2.19. The van der Waals surface area contributed by atoms with Gasteiger partial charge in [0.15, 0.2) is 0 Å². The van der Waals surface area contributed by atoms with Crippen molar-refractivity contribution in [1.29, 1.82) is 0 Å². The van der Waals surface area contributed by atoms with Gasteiger partial charge in [0.05, 0.1) is 0 Å². The van der Waals surface area contributed by atoms with Gasteiger partial charge in [0.25, 0.3) is 0 Å². The van der Waals surface area contributed by atoms with E-state index in [1.54, 1.807) is 12.1 Å². The zero-order valence-electron chi connectivity index (χ0n) is 15.7. The van der Waals surface area contributed by atoms with E-state index in [4.69, 9.17) is 0 Å². The zero-order chi connectivity index (χ0) is 18.5. The van der Waals surface area contributed by atoms with E-state index in [1.165, 1.54) is 24.0 Å². The highest BCUT2D eigenvalue weighted by Crippen LogP contribution is 2.39. The van der Waals surface area contributed by atoms with E-state index in [1.807, 2.05) is 36.4 Å². The molecule has 0 saturated carbocycles. The van der Waals surface area contributed by atoms with Crippen molar-refractivity contribution in [1.82, 2.24) is 0 Å². The third-order valence-corrected chi connectivity index (χ3v) is 5.38. The fourth-order valence-electron chi connectivity index (χ4n) is 3.88. The smallest absolute Gasteiger partial charge is 0.123 e. The molecule has 0 amide bonds. The highest BCUT2D eigenvalue weighted by molar-refractivity contribution is 5.91. The first-order valence-corrected chi connectivity index (χ1v) is 9.59. The molecule has 136 valence electrons. The van der Waals surface area contributed by atoms with Crippen LogP contribution >= 0.6 is 0 Å². The molecule has 0 aliphatic carbocycles. The summed E-state index contributed by atoms with van der Waals surface area (Å²) in [6.45, 7) is 4.49. The van der Waals surface area contributed by atoms with E-state index >= 15 is 0 Å². The minimum absolute atomic E-state index is 0.313. The van der Waals surface area contributed by atoms with Crippen LogP contribution in [0.2, 0.25) is 0 Å². The maximum absolute atomic E-state index is 10.2. The van der Waals surface area contributed by atoms with Gasteiger partial charge in [-0.25, -0.2) is 0 Å².